The van der Waals surface area contributed by atoms with Crippen molar-refractivity contribution in [1.82, 2.24) is 10.2 Å². The molecule has 0 fully saturated rings. The Balaban J connectivity index is 4.39. The normalized spacial score (nSPS) is 16.4. The molecule has 0 aromatic rings. The quantitative estimate of drug-likeness (QED) is 0.643. The summed E-state index contributed by atoms with van der Waals surface area (Å²) in [4.78, 5) is 14.1. The Bertz CT molecular complexity index is 246. The Morgan fingerprint density at radius 1 is 1.44 bits per heavy atom. The van der Waals surface area contributed by atoms with Gasteiger partial charge in [0.05, 0.1) is 7.11 Å². The van der Waals surface area contributed by atoms with Crippen molar-refractivity contribution in [3.63, 3.8) is 0 Å². The first kappa shape index (κ1) is 17.4. The summed E-state index contributed by atoms with van der Waals surface area (Å²) in [5, 5.41) is 3.23. The molecule has 0 aromatic carbocycles. The molecule has 0 saturated carbocycles. The molecule has 2 atom stereocenters. The van der Waals surface area contributed by atoms with Crippen LogP contribution in [0.4, 0.5) is 0 Å². The van der Waals surface area contributed by atoms with Crippen molar-refractivity contribution in [2.24, 2.45) is 0 Å². The number of hydrogen-bond acceptors (Lipinski definition) is 4. The molecule has 0 radical (unpaired) electrons. The van der Waals surface area contributed by atoms with Crippen LogP contribution in [-0.4, -0.2) is 49.7 Å². The van der Waals surface area contributed by atoms with Crippen LogP contribution in [0.3, 0.4) is 0 Å². The molecule has 4 nitrogen and oxygen atoms in total. The highest BCUT2D eigenvalue weighted by molar-refractivity contribution is 5.80. The summed E-state index contributed by atoms with van der Waals surface area (Å²) in [6, 6.07) is 0.554. The highest BCUT2D eigenvalue weighted by atomic mass is 16.5. The van der Waals surface area contributed by atoms with E-state index in [1.807, 2.05) is 13.8 Å². The van der Waals surface area contributed by atoms with Gasteiger partial charge in [-0.05, 0) is 40.3 Å². The number of hydrogen-bond donors (Lipinski definition) is 1. The minimum Gasteiger partial charge on any atom is -0.468 e. The molecular formula is C14H30N2O2. The van der Waals surface area contributed by atoms with Crippen LogP contribution in [0.25, 0.3) is 0 Å². The second-order valence-electron chi connectivity index (χ2n) is 5.22. The van der Waals surface area contributed by atoms with Crippen molar-refractivity contribution in [3.05, 3.63) is 0 Å². The lowest BCUT2D eigenvalue weighted by Crippen LogP contribution is -2.52. The zero-order chi connectivity index (χ0) is 14.2. The van der Waals surface area contributed by atoms with Gasteiger partial charge < -0.3 is 15.0 Å². The molecule has 0 rings (SSSR count). The summed E-state index contributed by atoms with van der Waals surface area (Å²) in [7, 11) is 3.56. The summed E-state index contributed by atoms with van der Waals surface area (Å²) in [6.45, 7) is 10.00. The molecule has 0 aliphatic carbocycles. The smallest absolute Gasteiger partial charge is 0.325 e. The van der Waals surface area contributed by atoms with Gasteiger partial charge in [0.2, 0.25) is 0 Å². The molecule has 4 heteroatoms. The summed E-state index contributed by atoms with van der Waals surface area (Å²) < 4.78 is 4.89. The third-order valence-corrected chi connectivity index (χ3v) is 3.63. The van der Waals surface area contributed by atoms with Gasteiger partial charge in [0.25, 0.3) is 0 Å². The Labute approximate surface area is 112 Å². The second kappa shape index (κ2) is 8.48. The summed E-state index contributed by atoms with van der Waals surface area (Å²) >= 11 is 0. The third kappa shape index (κ3) is 5.36. The van der Waals surface area contributed by atoms with Gasteiger partial charge in [-0.3, -0.25) is 4.79 Å². The van der Waals surface area contributed by atoms with E-state index < -0.39 is 5.54 Å². The molecule has 0 aromatic heterocycles. The number of nitrogens with one attached hydrogen (secondary N) is 1. The van der Waals surface area contributed by atoms with Gasteiger partial charge in [0, 0.05) is 12.6 Å². The second-order valence-corrected chi connectivity index (χ2v) is 5.22. The van der Waals surface area contributed by atoms with Crippen molar-refractivity contribution in [2.45, 2.75) is 58.5 Å². The van der Waals surface area contributed by atoms with Crippen LogP contribution in [0, 0.1) is 0 Å². The highest BCUT2D eigenvalue weighted by Crippen LogP contribution is 2.14. The topological polar surface area (TPSA) is 41.6 Å². The maximum Gasteiger partial charge on any atom is 0.325 e. The van der Waals surface area contributed by atoms with E-state index in [4.69, 9.17) is 4.74 Å². The molecule has 0 bridgehead atoms. The van der Waals surface area contributed by atoms with Gasteiger partial charge in [-0.2, -0.15) is 0 Å². The number of esters is 1. The van der Waals surface area contributed by atoms with Crippen molar-refractivity contribution in [2.75, 3.05) is 27.2 Å². The maximum absolute atomic E-state index is 11.8. The van der Waals surface area contributed by atoms with Crippen molar-refractivity contribution in [3.8, 4) is 0 Å². The van der Waals surface area contributed by atoms with Gasteiger partial charge in [0.1, 0.15) is 5.54 Å². The number of ether oxygens (including phenoxy) is 1. The lowest BCUT2D eigenvalue weighted by Gasteiger charge is -2.31. The highest BCUT2D eigenvalue weighted by Gasteiger charge is 2.33. The molecule has 0 heterocycles. The first-order chi connectivity index (χ1) is 8.41. The largest absolute Gasteiger partial charge is 0.468 e. The van der Waals surface area contributed by atoms with Gasteiger partial charge in [-0.15, -0.1) is 0 Å². The number of carbonyl (C=O) groups is 1. The first-order valence-electron chi connectivity index (χ1n) is 6.95. The fraction of sp³-hybridized carbons (Fsp3) is 0.929. The van der Waals surface area contributed by atoms with Crippen LogP contribution in [-0.2, 0) is 9.53 Å². The Morgan fingerprint density at radius 2 is 2.06 bits per heavy atom. The van der Waals surface area contributed by atoms with Crippen molar-refractivity contribution >= 4 is 5.97 Å². The van der Waals surface area contributed by atoms with Crippen LogP contribution in [0.5, 0.6) is 0 Å². The average Bonchev–Trinajstić information content (AvgIpc) is 2.35. The fourth-order valence-corrected chi connectivity index (χ4v) is 2.14. The number of nitrogens with zero attached hydrogens (tertiary/aromatic N) is 1. The lowest BCUT2D eigenvalue weighted by molar-refractivity contribution is -0.148. The maximum atomic E-state index is 11.8. The average molecular weight is 258 g/mol. The van der Waals surface area contributed by atoms with E-state index in [0.29, 0.717) is 6.04 Å². The summed E-state index contributed by atoms with van der Waals surface area (Å²) in [6.07, 6.45) is 3.14. The van der Waals surface area contributed by atoms with Crippen molar-refractivity contribution in [1.29, 1.82) is 0 Å². The minimum absolute atomic E-state index is 0.180. The van der Waals surface area contributed by atoms with Gasteiger partial charge in [-0.1, -0.05) is 20.3 Å². The predicted octanol–water partition coefficient (Wildman–Crippen LogP) is 2.04. The van der Waals surface area contributed by atoms with Gasteiger partial charge in [-0.25, -0.2) is 0 Å². The first-order valence-corrected chi connectivity index (χ1v) is 6.95. The number of carbonyl (C=O) groups excluding carboxylic acids is 1. The molecule has 0 aliphatic rings. The van der Waals surface area contributed by atoms with Crippen LogP contribution < -0.4 is 5.32 Å². The van der Waals surface area contributed by atoms with Crippen LogP contribution in [0.1, 0.15) is 47.0 Å². The number of likely N-dealkylation sites (N-methyl/N-ethyl adjacent to an activating group) is 1. The molecule has 18 heavy (non-hydrogen) atoms. The zero-order valence-corrected chi connectivity index (χ0v) is 12.9. The van der Waals surface area contributed by atoms with E-state index in [1.165, 1.54) is 20.0 Å². The van der Waals surface area contributed by atoms with E-state index in [0.717, 1.165) is 19.5 Å². The fourth-order valence-electron chi connectivity index (χ4n) is 2.14. The van der Waals surface area contributed by atoms with Gasteiger partial charge >= 0.3 is 5.97 Å². The molecule has 0 spiro atoms. The Morgan fingerprint density at radius 3 is 2.50 bits per heavy atom. The Hall–Kier alpha value is -0.610. The molecule has 0 saturated heterocycles. The molecule has 1 N–H and O–H groups in total. The molecule has 0 amide bonds. The zero-order valence-electron chi connectivity index (χ0n) is 12.9. The molecule has 2 unspecified atom stereocenters. The molecule has 0 aliphatic heterocycles. The Kier molecular flexibility index (Phi) is 8.20. The minimum atomic E-state index is -0.580. The standard InChI is InChI=1S/C14H30N2O2/c1-7-9-12(3)16(5)11-10-14(4,15-8-2)13(17)18-6/h12,15H,7-11H2,1-6H3. The lowest BCUT2D eigenvalue weighted by atomic mass is 9.97. The van der Waals surface area contributed by atoms with E-state index >= 15 is 0 Å². The van der Waals surface area contributed by atoms with E-state index in [9.17, 15) is 4.79 Å². The number of rotatable bonds is 9. The summed E-state index contributed by atoms with van der Waals surface area (Å²) in [5.41, 5.74) is -0.580. The SMILES string of the molecule is CCCC(C)N(C)CCC(C)(NCC)C(=O)OC. The third-order valence-electron chi connectivity index (χ3n) is 3.63. The predicted molar refractivity (Wildman–Crippen MR) is 75.7 cm³/mol. The van der Waals surface area contributed by atoms with E-state index in [1.54, 1.807) is 0 Å². The molecular weight excluding hydrogens is 228 g/mol. The van der Waals surface area contributed by atoms with E-state index in [-0.39, 0.29) is 5.97 Å². The molecule has 108 valence electrons. The van der Waals surface area contributed by atoms with Gasteiger partial charge in [0.15, 0.2) is 0 Å². The monoisotopic (exact) mass is 258 g/mol. The van der Waals surface area contributed by atoms with E-state index in [2.05, 4.69) is 31.1 Å². The number of methoxy groups -OCH3 is 1. The van der Waals surface area contributed by atoms with Crippen LogP contribution in [0.2, 0.25) is 0 Å². The van der Waals surface area contributed by atoms with Crippen molar-refractivity contribution < 1.29 is 9.53 Å². The van der Waals surface area contributed by atoms with Crippen LogP contribution in [0.15, 0.2) is 0 Å². The summed E-state index contributed by atoms with van der Waals surface area (Å²) in [5.74, 6) is -0.180. The van der Waals surface area contributed by atoms with Crippen LogP contribution >= 0.6 is 0 Å².